The van der Waals surface area contributed by atoms with E-state index in [0.29, 0.717) is 30.8 Å². The van der Waals surface area contributed by atoms with Crippen molar-refractivity contribution in [3.05, 3.63) is 29.5 Å². The molecule has 0 spiro atoms. The molecule has 202 valence electrons. The lowest BCUT2D eigenvalue weighted by atomic mass is 10.1. The van der Waals surface area contributed by atoms with Crippen LogP contribution in [0.25, 0.3) is 0 Å². The van der Waals surface area contributed by atoms with Crippen LogP contribution in [-0.2, 0) is 26.1 Å². The zero-order chi connectivity index (χ0) is 27.0. The number of halogens is 1. The molecular weight excluding hydrogens is 528 g/mol. The third kappa shape index (κ3) is 6.19. The van der Waals surface area contributed by atoms with Crippen molar-refractivity contribution in [2.45, 2.75) is 69.8 Å². The third-order valence-electron chi connectivity index (χ3n) is 5.48. The zero-order valence-corrected chi connectivity index (χ0v) is 22.4. The first kappa shape index (κ1) is 26.8. The smallest absolute Gasteiger partial charge is 0.427 e. The van der Waals surface area contributed by atoms with Crippen molar-refractivity contribution >= 4 is 45.2 Å². The van der Waals surface area contributed by atoms with Crippen LogP contribution in [0.5, 0.6) is 5.75 Å². The molecule has 0 radical (unpaired) electrons. The molecule has 1 aromatic carbocycles. The van der Waals surface area contributed by atoms with Gasteiger partial charge in [0.05, 0.1) is 12.2 Å². The number of nitrogens with one attached hydrogen (secondary N) is 3. The number of hydroxylamine groups is 1. The van der Waals surface area contributed by atoms with Gasteiger partial charge in [0.2, 0.25) is 0 Å². The van der Waals surface area contributed by atoms with Crippen molar-refractivity contribution in [2.24, 2.45) is 0 Å². The Morgan fingerprint density at radius 2 is 2.08 bits per heavy atom. The molecule has 2 amide bonds. The average molecular weight is 557 g/mol. The van der Waals surface area contributed by atoms with Crippen LogP contribution in [0, 0.1) is 0 Å². The summed E-state index contributed by atoms with van der Waals surface area (Å²) < 4.78 is 41.6. The molecule has 0 saturated carbocycles. The van der Waals surface area contributed by atoms with E-state index >= 15 is 0 Å². The quantitative estimate of drug-likeness (QED) is 0.466. The number of aromatic nitrogens is 2. The first-order valence-corrected chi connectivity index (χ1v) is 13.5. The van der Waals surface area contributed by atoms with Gasteiger partial charge in [-0.25, -0.2) is 18.0 Å². The topological polar surface area (TPSA) is 153 Å². The highest BCUT2D eigenvalue weighted by Gasteiger charge is 2.37. The molecule has 2 aliphatic rings. The number of sulfonamides is 1. The van der Waals surface area contributed by atoms with Crippen molar-refractivity contribution < 1.29 is 32.3 Å². The van der Waals surface area contributed by atoms with Gasteiger partial charge in [-0.1, -0.05) is 11.6 Å². The molecule has 2 aliphatic heterocycles. The zero-order valence-electron chi connectivity index (χ0n) is 20.8. The maximum Gasteiger partial charge on any atom is 0.427 e. The number of aryl methyl sites for hydroxylation is 1. The van der Waals surface area contributed by atoms with Crippen LogP contribution in [-0.4, -0.2) is 54.8 Å². The summed E-state index contributed by atoms with van der Waals surface area (Å²) >= 11 is 6.21. The summed E-state index contributed by atoms with van der Waals surface area (Å²) in [5.74, 6) is 0.299. The van der Waals surface area contributed by atoms with Crippen LogP contribution in [0.1, 0.15) is 40.5 Å². The number of hydrogen-bond acceptors (Lipinski definition) is 9. The Balaban J connectivity index is 1.64. The SMILES string of the molecule is CCn1cc(S(=O)(=O)N2C[C@H](CCC3NOC(=O)N3)Oc3ccc(NC(=O)OC(C)(C)C)cc32)c(Cl)n1. The maximum absolute atomic E-state index is 13.8. The van der Waals surface area contributed by atoms with Gasteiger partial charge in [-0.2, -0.15) is 5.10 Å². The number of rotatable bonds is 7. The minimum Gasteiger partial charge on any atom is -0.486 e. The summed E-state index contributed by atoms with van der Waals surface area (Å²) in [4.78, 5) is 28.1. The van der Waals surface area contributed by atoms with Crippen molar-refractivity contribution in [2.75, 3.05) is 16.2 Å². The van der Waals surface area contributed by atoms with Crippen molar-refractivity contribution in [3.8, 4) is 5.75 Å². The van der Waals surface area contributed by atoms with Crippen LogP contribution in [0.4, 0.5) is 21.0 Å². The van der Waals surface area contributed by atoms with Gasteiger partial charge >= 0.3 is 12.2 Å². The van der Waals surface area contributed by atoms with Gasteiger partial charge in [-0.15, -0.1) is 5.48 Å². The molecule has 1 unspecified atom stereocenters. The molecule has 0 aliphatic carbocycles. The van der Waals surface area contributed by atoms with Gasteiger partial charge in [-0.3, -0.25) is 14.3 Å². The molecule has 2 aromatic rings. The number of anilines is 2. The number of carbonyl (C=O) groups excluding carboxylic acids is 2. The highest BCUT2D eigenvalue weighted by molar-refractivity contribution is 7.93. The number of ether oxygens (including phenoxy) is 2. The largest absolute Gasteiger partial charge is 0.486 e. The fraction of sp³-hybridized carbons (Fsp3) is 0.500. The molecule has 2 atom stereocenters. The molecule has 4 rings (SSSR count). The maximum atomic E-state index is 13.8. The first-order valence-electron chi connectivity index (χ1n) is 11.6. The lowest BCUT2D eigenvalue weighted by molar-refractivity contribution is 0.0635. The van der Waals surface area contributed by atoms with Gasteiger partial charge < -0.3 is 19.6 Å². The second kappa shape index (κ2) is 10.3. The summed E-state index contributed by atoms with van der Waals surface area (Å²) in [6.45, 7) is 7.42. The van der Waals surface area contributed by atoms with E-state index in [9.17, 15) is 18.0 Å². The average Bonchev–Trinajstić information content (AvgIpc) is 3.41. The molecule has 1 saturated heterocycles. The number of carbonyl (C=O) groups is 2. The number of amides is 2. The van der Waals surface area contributed by atoms with Crippen LogP contribution < -0.4 is 25.2 Å². The van der Waals surface area contributed by atoms with Gasteiger partial charge in [-0.05, 0) is 58.7 Å². The Morgan fingerprint density at radius 3 is 2.70 bits per heavy atom. The Morgan fingerprint density at radius 1 is 1.32 bits per heavy atom. The third-order valence-corrected chi connectivity index (χ3v) is 7.65. The second-order valence-electron chi connectivity index (χ2n) is 9.51. The number of nitrogens with zero attached hydrogens (tertiary/aromatic N) is 3. The molecule has 0 bridgehead atoms. The Labute approximate surface area is 219 Å². The summed E-state index contributed by atoms with van der Waals surface area (Å²) in [5.41, 5.74) is 2.40. The van der Waals surface area contributed by atoms with Crippen molar-refractivity contribution in [1.82, 2.24) is 20.6 Å². The fourth-order valence-electron chi connectivity index (χ4n) is 3.83. The molecular formula is C22H29ClN6O7S. The number of hydrogen-bond donors (Lipinski definition) is 3. The molecule has 3 N–H and O–H groups in total. The van der Waals surface area contributed by atoms with E-state index in [1.807, 2.05) is 6.92 Å². The van der Waals surface area contributed by atoms with Crippen molar-refractivity contribution in [1.29, 1.82) is 0 Å². The van der Waals surface area contributed by atoms with E-state index in [4.69, 9.17) is 21.1 Å². The lowest BCUT2D eigenvalue weighted by Gasteiger charge is -2.35. The van der Waals surface area contributed by atoms with Crippen LogP contribution in [0.15, 0.2) is 29.3 Å². The minimum absolute atomic E-state index is 0.0413. The van der Waals surface area contributed by atoms with Crippen LogP contribution >= 0.6 is 11.6 Å². The Hall–Kier alpha value is -3.23. The van der Waals surface area contributed by atoms with Gasteiger partial charge in [0.25, 0.3) is 10.0 Å². The van der Waals surface area contributed by atoms with Gasteiger partial charge in [0.1, 0.15) is 28.5 Å². The van der Waals surface area contributed by atoms with Gasteiger partial charge in [0.15, 0.2) is 5.15 Å². The number of fused-ring (bicyclic) bond motifs is 1. The number of benzene rings is 1. The van der Waals surface area contributed by atoms with Crippen molar-refractivity contribution in [3.63, 3.8) is 0 Å². The van der Waals surface area contributed by atoms with E-state index in [1.165, 1.54) is 21.3 Å². The normalized spacial score (nSPS) is 19.5. The molecule has 37 heavy (non-hydrogen) atoms. The Bertz CT molecular complexity index is 1290. The molecule has 13 nitrogen and oxygen atoms in total. The predicted octanol–water partition coefficient (Wildman–Crippen LogP) is 3.21. The second-order valence-corrected chi connectivity index (χ2v) is 11.7. The van der Waals surface area contributed by atoms with Gasteiger partial charge in [0, 0.05) is 18.4 Å². The lowest BCUT2D eigenvalue weighted by Crippen LogP contribution is -2.44. The fourth-order valence-corrected chi connectivity index (χ4v) is 5.78. The first-order chi connectivity index (χ1) is 17.4. The predicted molar refractivity (Wildman–Crippen MR) is 134 cm³/mol. The van der Waals surface area contributed by atoms with E-state index < -0.39 is 40.1 Å². The summed E-state index contributed by atoms with van der Waals surface area (Å²) in [6.07, 6.45) is -0.0564. The van der Waals surface area contributed by atoms with E-state index in [1.54, 1.807) is 32.9 Å². The Kier molecular flexibility index (Phi) is 7.44. The monoisotopic (exact) mass is 556 g/mol. The highest BCUT2D eigenvalue weighted by Crippen LogP contribution is 2.40. The van der Waals surface area contributed by atoms with Crippen LogP contribution in [0.3, 0.4) is 0 Å². The highest BCUT2D eigenvalue weighted by atomic mass is 35.5. The van der Waals surface area contributed by atoms with E-state index in [-0.39, 0.29) is 22.3 Å². The summed E-state index contributed by atoms with van der Waals surface area (Å²) in [7, 11) is -4.16. The van der Waals surface area contributed by atoms with E-state index in [0.717, 1.165) is 0 Å². The molecule has 15 heteroatoms. The molecule has 1 aromatic heterocycles. The standard InChI is InChI=1S/C22H29ClN6O7S/c1-5-28-12-17(19(23)26-28)37(32,33)29-11-14(7-9-18-25-21(31)36-27-18)34-16-8-6-13(10-15(16)29)24-20(30)35-22(2,3)4/h6,8,10,12,14,18,27H,5,7,9,11H2,1-4H3,(H,24,30)(H,25,31)/t14-,18?/m0/s1. The molecule has 1 fully saturated rings. The minimum atomic E-state index is -4.16. The molecule has 3 heterocycles. The summed E-state index contributed by atoms with van der Waals surface area (Å²) in [6, 6.07) is 4.66. The summed E-state index contributed by atoms with van der Waals surface area (Å²) in [5, 5.41) is 9.13. The van der Waals surface area contributed by atoms with E-state index in [2.05, 4.69) is 26.0 Å². The van der Waals surface area contributed by atoms with Crippen LogP contribution in [0.2, 0.25) is 5.15 Å².